The highest BCUT2D eigenvalue weighted by atomic mass is 32.2. The van der Waals surface area contributed by atoms with Gasteiger partial charge in [0, 0.05) is 41.6 Å². The second-order valence-corrected chi connectivity index (χ2v) is 5.95. The summed E-state index contributed by atoms with van der Waals surface area (Å²) in [5.74, 6) is 0.286. The van der Waals surface area contributed by atoms with Crippen molar-refractivity contribution in [1.29, 1.82) is 0 Å². The summed E-state index contributed by atoms with van der Waals surface area (Å²) in [6.07, 6.45) is 4.32. The quantitative estimate of drug-likeness (QED) is 0.809. The molecule has 2 unspecified atom stereocenters. The number of nitrogen functional groups attached to an aromatic ring is 1. The number of anilines is 1. The first-order valence-electron chi connectivity index (χ1n) is 6.00. The van der Waals surface area contributed by atoms with E-state index in [1.165, 1.54) is 0 Å². The molecule has 3 N–H and O–H groups in total. The van der Waals surface area contributed by atoms with E-state index in [0.717, 1.165) is 13.0 Å². The number of nitrogens with one attached hydrogen (secondary N) is 1. The van der Waals surface area contributed by atoms with Crippen LogP contribution in [0.4, 0.5) is 5.69 Å². The summed E-state index contributed by atoms with van der Waals surface area (Å²) in [6.45, 7) is 4.64. The van der Waals surface area contributed by atoms with Crippen LogP contribution >= 0.6 is 0 Å². The summed E-state index contributed by atoms with van der Waals surface area (Å²) in [5, 5.41) is 2.83. The zero-order valence-corrected chi connectivity index (χ0v) is 11.9. The summed E-state index contributed by atoms with van der Waals surface area (Å²) >= 11 is 0. The van der Waals surface area contributed by atoms with Crippen molar-refractivity contribution in [2.24, 2.45) is 0 Å². The van der Waals surface area contributed by atoms with Gasteiger partial charge in [0.15, 0.2) is 0 Å². The number of nitrogens with zero attached hydrogens (tertiary/aromatic N) is 1. The molecule has 0 radical (unpaired) electrons. The fourth-order valence-electron chi connectivity index (χ4n) is 1.84. The molecule has 2 atom stereocenters. The molecule has 5 nitrogen and oxygen atoms in total. The number of amides is 1. The van der Waals surface area contributed by atoms with Crippen molar-refractivity contribution in [3.8, 4) is 0 Å². The van der Waals surface area contributed by atoms with Crippen LogP contribution < -0.4 is 11.1 Å². The average Bonchev–Trinajstić information content (AvgIpc) is 2.58. The number of hydrogen-bond acceptors (Lipinski definition) is 3. The van der Waals surface area contributed by atoms with Gasteiger partial charge >= 0.3 is 0 Å². The minimum atomic E-state index is -0.918. The minimum absolute atomic E-state index is 0.116. The van der Waals surface area contributed by atoms with Gasteiger partial charge in [-0.2, -0.15) is 0 Å². The summed E-state index contributed by atoms with van der Waals surface area (Å²) in [6, 6.07) is 1.55. The molecule has 0 aliphatic carbocycles. The van der Waals surface area contributed by atoms with E-state index >= 15 is 0 Å². The standard InChI is InChI=1S/C12H21N3O2S/c1-4-5-15-7-10(13)6-11(15)12(16)14-9(2)8-18(3)17/h6-7,9H,4-5,8,13H2,1-3H3,(H,14,16). The third-order valence-corrected chi connectivity index (χ3v) is 3.45. The molecule has 0 saturated carbocycles. The molecule has 1 heterocycles. The second kappa shape index (κ2) is 6.58. The fourth-order valence-corrected chi connectivity index (χ4v) is 2.63. The largest absolute Gasteiger partial charge is 0.397 e. The van der Waals surface area contributed by atoms with Gasteiger partial charge in [-0.05, 0) is 19.4 Å². The number of hydrogen-bond donors (Lipinski definition) is 2. The Labute approximate surface area is 110 Å². The third kappa shape index (κ3) is 4.18. The number of carbonyl (C=O) groups is 1. The molecular formula is C12H21N3O2S. The van der Waals surface area contributed by atoms with Gasteiger partial charge in [0.05, 0.1) is 5.69 Å². The predicted octanol–water partition coefficient (Wildman–Crippen LogP) is 0.977. The topological polar surface area (TPSA) is 77.1 Å². The van der Waals surface area contributed by atoms with E-state index < -0.39 is 10.8 Å². The summed E-state index contributed by atoms with van der Waals surface area (Å²) < 4.78 is 12.9. The molecule has 0 fully saturated rings. The van der Waals surface area contributed by atoms with Crippen molar-refractivity contribution in [2.45, 2.75) is 32.9 Å². The SMILES string of the molecule is CCCn1cc(N)cc1C(=O)NC(C)CS(C)=O. The number of nitrogens with two attached hydrogens (primary N) is 1. The number of aryl methyl sites for hydroxylation is 1. The highest BCUT2D eigenvalue weighted by Crippen LogP contribution is 2.11. The van der Waals surface area contributed by atoms with Crippen LogP contribution in [0, 0.1) is 0 Å². The molecule has 1 rings (SSSR count). The molecule has 1 amide bonds. The van der Waals surface area contributed by atoms with E-state index in [9.17, 15) is 9.00 Å². The Balaban J connectivity index is 2.74. The van der Waals surface area contributed by atoms with Crippen molar-refractivity contribution in [1.82, 2.24) is 9.88 Å². The molecule has 1 aromatic heterocycles. The molecule has 6 heteroatoms. The molecule has 0 aliphatic heterocycles. The number of carbonyl (C=O) groups excluding carboxylic acids is 1. The van der Waals surface area contributed by atoms with Crippen molar-refractivity contribution in [3.63, 3.8) is 0 Å². The second-order valence-electron chi connectivity index (χ2n) is 4.47. The zero-order valence-electron chi connectivity index (χ0n) is 11.1. The van der Waals surface area contributed by atoms with Crippen LogP contribution in [0.25, 0.3) is 0 Å². The first-order valence-corrected chi connectivity index (χ1v) is 7.73. The highest BCUT2D eigenvalue weighted by Gasteiger charge is 2.15. The van der Waals surface area contributed by atoms with Crippen LogP contribution in [-0.2, 0) is 17.3 Å². The highest BCUT2D eigenvalue weighted by molar-refractivity contribution is 7.84. The van der Waals surface area contributed by atoms with Gasteiger partial charge in [0.25, 0.3) is 5.91 Å². The van der Waals surface area contributed by atoms with Crippen LogP contribution in [0.15, 0.2) is 12.3 Å². The molecule has 0 aliphatic rings. The molecular weight excluding hydrogens is 250 g/mol. The monoisotopic (exact) mass is 271 g/mol. The lowest BCUT2D eigenvalue weighted by Gasteiger charge is -2.13. The van der Waals surface area contributed by atoms with Crippen LogP contribution in [0.3, 0.4) is 0 Å². The molecule has 0 saturated heterocycles. The zero-order chi connectivity index (χ0) is 13.7. The maximum Gasteiger partial charge on any atom is 0.268 e. The molecule has 0 bridgehead atoms. The van der Waals surface area contributed by atoms with E-state index in [1.807, 2.05) is 18.4 Å². The lowest BCUT2D eigenvalue weighted by atomic mass is 10.3. The van der Waals surface area contributed by atoms with Gasteiger partial charge in [-0.1, -0.05) is 6.92 Å². The van der Waals surface area contributed by atoms with E-state index in [-0.39, 0.29) is 11.9 Å². The smallest absolute Gasteiger partial charge is 0.268 e. The van der Waals surface area contributed by atoms with Crippen molar-refractivity contribution in [3.05, 3.63) is 18.0 Å². The van der Waals surface area contributed by atoms with Crippen LogP contribution in [0.1, 0.15) is 30.8 Å². The average molecular weight is 271 g/mol. The Hall–Kier alpha value is -1.30. The van der Waals surface area contributed by atoms with Gasteiger partial charge < -0.3 is 15.6 Å². The van der Waals surface area contributed by atoms with Gasteiger partial charge in [-0.3, -0.25) is 9.00 Å². The molecule has 1 aromatic rings. The van der Waals surface area contributed by atoms with Crippen molar-refractivity contribution in [2.75, 3.05) is 17.7 Å². The first kappa shape index (κ1) is 14.8. The normalized spacial score (nSPS) is 14.2. The maximum atomic E-state index is 12.1. The van der Waals surface area contributed by atoms with Gasteiger partial charge in [0.2, 0.25) is 0 Å². The maximum absolute atomic E-state index is 12.1. The van der Waals surface area contributed by atoms with Crippen molar-refractivity contribution < 1.29 is 9.00 Å². The lowest BCUT2D eigenvalue weighted by molar-refractivity contribution is 0.0934. The van der Waals surface area contributed by atoms with Gasteiger partial charge in [0.1, 0.15) is 5.69 Å². The van der Waals surface area contributed by atoms with E-state index in [0.29, 0.717) is 17.1 Å². The minimum Gasteiger partial charge on any atom is -0.397 e. The summed E-state index contributed by atoms with van der Waals surface area (Å²) in [7, 11) is -0.918. The Bertz CT molecular complexity index is 443. The van der Waals surface area contributed by atoms with E-state index in [2.05, 4.69) is 5.32 Å². The lowest BCUT2D eigenvalue weighted by Crippen LogP contribution is -2.37. The Kier molecular flexibility index (Phi) is 5.40. The Morgan fingerprint density at radius 1 is 1.61 bits per heavy atom. The van der Waals surface area contributed by atoms with Crippen LogP contribution in [-0.4, -0.2) is 32.7 Å². The molecule has 0 spiro atoms. The van der Waals surface area contributed by atoms with Crippen molar-refractivity contribution >= 4 is 22.4 Å². The van der Waals surface area contributed by atoms with Gasteiger partial charge in [-0.15, -0.1) is 0 Å². The predicted molar refractivity (Wildman–Crippen MR) is 75.0 cm³/mol. The van der Waals surface area contributed by atoms with Crippen LogP contribution in [0.5, 0.6) is 0 Å². The summed E-state index contributed by atoms with van der Waals surface area (Å²) in [5.41, 5.74) is 6.85. The number of rotatable bonds is 6. The van der Waals surface area contributed by atoms with E-state index in [4.69, 9.17) is 5.73 Å². The third-order valence-electron chi connectivity index (χ3n) is 2.48. The Morgan fingerprint density at radius 3 is 2.83 bits per heavy atom. The molecule has 102 valence electrons. The van der Waals surface area contributed by atoms with Crippen LogP contribution in [0.2, 0.25) is 0 Å². The van der Waals surface area contributed by atoms with Gasteiger partial charge in [-0.25, -0.2) is 0 Å². The first-order chi connectivity index (χ1) is 8.43. The molecule has 0 aromatic carbocycles. The molecule has 18 heavy (non-hydrogen) atoms. The summed E-state index contributed by atoms with van der Waals surface area (Å²) in [4.78, 5) is 12.1. The van der Waals surface area contributed by atoms with E-state index in [1.54, 1.807) is 18.5 Å². The number of aromatic nitrogens is 1. The Morgan fingerprint density at radius 2 is 2.28 bits per heavy atom. The fraction of sp³-hybridized carbons (Fsp3) is 0.583.